The molecule has 2 aromatic carbocycles. The van der Waals surface area contributed by atoms with Gasteiger partial charge in [-0.15, -0.1) is 0 Å². The molecule has 0 fully saturated rings. The zero-order valence-electron chi connectivity index (χ0n) is 13.5. The molecule has 0 saturated carbocycles. The van der Waals surface area contributed by atoms with Gasteiger partial charge in [0.15, 0.2) is 5.95 Å². The molecule has 1 aromatic heterocycles. The Morgan fingerprint density at radius 3 is 2.73 bits per heavy atom. The second-order valence-electron chi connectivity index (χ2n) is 5.29. The highest BCUT2D eigenvalue weighted by Gasteiger charge is 2.26. The van der Waals surface area contributed by atoms with Crippen LogP contribution in [-0.2, 0) is 4.79 Å². The van der Waals surface area contributed by atoms with Crippen molar-refractivity contribution in [2.24, 2.45) is 0 Å². The summed E-state index contributed by atoms with van der Waals surface area (Å²) >= 11 is 13.0. The normalized spacial score (nSPS) is 12.0. The van der Waals surface area contributed by atoms with E-state index in [1.807, 2.05) is 18.2 Å². The maximum atomic E-state index is 12.5. The molecule has 0 radical (unpaired) electrons. The van der Waals surface area contributed by atoms with Crippen molar-refractivity contribution in [3.8, 4) is 11.6 Å². The van der Waals surface area contributed by atoms with Gasteiger partial charge in [0.25, 0.3) is 5.03 Å². The number of nitrogens with one attached hydrogen (secondary N) is 1. The van der Waals surface area contributed by atoms with E-state index in [-0.39, 0.29) is 10.9 Å². The van der Waals surface area contributed by atoms with Crippen LogP contribution in [-0.4, -0.2) is 16.4 Å². The quantitative estimate of drug-likeness (QED) is 0.515. The molecular weight excluding hydrogens is 397 g/mol. The maximum Gasteiger partial charge on any atom is 0.298 e. The molecule has 0 aliphatic carbocycles. The fourth-order valence-corrected chi connectivity index (χ4v) is 3.33. The maximum absolute atomic E-state index is 12.5. The molecule has 0 bridgehead atoms. The summed E-state index contributed by atoms with van der Waals surface area (Å²) in [6.45, 7) is 1.67. The lowest BCUT2D eigenvalue weighted by Crippen LogP contribution is -2.36. The van der Waals surface area contributed by atoms with Crippen molar-refractivity contribution in [2.75, 3.05) is 5.32 Å². The summed E-state index contributed by atoms with van der Waals surface area (Å²) in [5.41, 5.74) is 1.06. The van der Waals surface area contributed by atoms with Crippen LogP contribution in [0.2, 0.25) is 10.0 Å². The summed E-state index contributed by atoms with van der Waals surface area (Å²) in [6.07, 6.45) is 0. The van der Waals surface area contributed by atoms with E-state index in [0.29, 0.717) is 21.4 Å². The van der Waals surface area contributed by atoms with Gasteiger partial charge in [-0.25, -0.2) is 0 Å². The van der Waals surface area contributed by atoms with Gasteiger partial charge in [-0.1, -0.05) is 41.4 Å². The Bertz CT molecular complexity index is 934. The molecule has 1 atom stereocenters. The predicted molar refractivity (Wildman–Crippen MR) is 97.9 cm³/mol. The van der Waals surface area contributed by atoms with Crippen LogP contribution in [0.25, 0.3) is 5.69 Å². The van der Waals surface area contributed by atoms with Gasteiger partial charge < -0.3 is 14.9 Å². The van der Waals surface area contributed by atoms with Crippen LogP contribution < -0.4 is 15.1 Å². The van der Waals surface area contributed by atoms with E-state index >= 15 is 0 Å². The fourth-order valence-electron chi connectivity index (χ4n) is 2.12. The number of nitrogens with zero attached hydrogens (tertiary/aromatic N) is 2. The minimum Gasteiger partial charge on any atom is -0.538 e. The number of benzene rings is 2. The predicted octanol–water partition coefficient (Wildman–Crippen LogP) is 3.45. The van der Waals surface area contributed by atoms with Crippen LogP contribution >= 0.6 is 35.0 Å². The lowest BCUT2D eigenvalue weighted by atomic mass is 10.3. The molecule has 6 nitrogen and oxygen atoms in total. The van der Waals surface area contributed by atoms with Crippen LogP contribution in [0.4, 0.5) is 5.69 Å². The SMILES string of the molecule is CC(Sc1c([O-])on[n+]1-c1ccccc1)C(=O)Nc1cc(Cl)ccc1Cl. The molecule has 3 rings (SSSR count). The van der Waals surface area contributed by atoms with Crippen LogP contribution in [0.1, 0.15) is 6.92 Å². The van der Waals surface area contributed by atoms with Crippen molar-refractivity contribution in [1.29, 1.82) is 0 Å². The third-order valence-corrected chi connectivity index (χ3v) is 5.11. The molecule has 1 N–H and O–H groups in total. The summed E-state index contributed by atoms with van der Waals surface area (Å²) in [7, 11) is 0. The first-order valence-electron chi connectivity index (χ1n) is 7.52. The number of aromatic nitrogens is 2. The molecule has 0 aliphatic rings. The average molecular weight is 410 g/mol. The molecule has 0 saturated heterocycles. The first-order chi connectivity index (χ1) is 12.5. The standard InChI is InChI=1S/C17H13Cl2N3O3S/c1-10(15(23)20-14-9-11(18)7-8-13(14)19)26-16-17(24)25-21-22(16)12-5-3-2-4-6-12/h2-10H,1H3,(H-,20,21,23,24). The number of carbonyl (C=O) groups is 1. The summed E-state index contributed by atoms with van der Waals surface area (Å²) in [6, 6.07) is 13.8. The van der Waals surface area contributed by atoms with Crippen LogP contribution in [0, 0.1) is 0 Å². The molecule has 1 amide bonds. The number of halogens is 2. The molecule has 26 heavy (non-hydrogen) atoms. The molecule has 9 heteroatoms. The Balaban J connectivity index is 1.78. The molecule has 0 spiro atoms. The number of hydrogen-bond donors (Lipinski definition) is 1. The molecule has 3 aromatic rings. The van der Waals surface area contributed by atoms with Gasteiger partial charge >= 0.3 is 0 Å². The zero-order chi connectivity index (χ0) is 18.7. The number of anilines is 1. The van der Waals surface area contributed by atoms with Gasteiger partial charge in [0, 0.05) is 17.2 Å². The van der Waals surface area contributed by atoms with Crippen molar-refractivity contribution in [2.45, 2.75) is 17.2 Å². The Morgan fingerprint density at radius 2 is 2.00 bits per heavy atom. The van der Waals surface area contributed by atoms with Crippen molar-refractivity contribution in [3.63, 3.8) is 0 Å². The summed E-state index contributed by atoms with van der Waals surface area (Å²) < 4.78 is 6.11. The number of thioether (sulfide) groups is 1. The average Bonchev–Trinajstić information content (AvgIpc) is 2.99. The van der Waals surface area contributed by atoms with E-state index in [2.05, 4.69) is 10.6 Å². The summed E-state index contributed by atoms with van der Waals surface area (Å²) in [5, 5.41) is 18.9. The van der Waals surface area contributed by atoms with E-state index in [1.54, 1.807) is 37.3 Å². The van der Waals surface area contributed by atoms with Crippen molar-refractivity contribution >= 4 is 46.6 Å². The smallest absolute Gasteiger partial charge is 0.298 e. The Hall–Kier alpha value is -2.22. The molecular formula is C17H13Cl2N3O3S. The van der Waals surface area contributed by atoms with E-state index in [9.17, 15) is 9.90 Å². The third kappa shape index (κ3) is 4.12. The molecule has 0 aliphatic heterocycles. The van der Waals surface area contributed by atoms with Crippen LogP contribution in [0.3, 0.4) is 0 Å². The van der Waals surface area contributed by atoms with Gasteiger partial charge in [-0.3, -0.25) is 4.79 Å². The lowest BCUT2D eigenvalue weighted by Gasteiger charge is -2.11. The van der Waals surface area contributed by atoms with Gasteiger partial charge in [0.2, 0.25) is 11.6 Å². The highest BCUT2D eigenvalue weighted by molar-refractivity contribution is 8.00. The van der Waals surface area contributed by atoms with E-state index in [1.165, 1.54) is 4.68 Å². The van der Waals surface area contributed by atoms with E-state index in [0.717, 1.165) is 11.8 Å². The topological polar surface area (TPSA) is 82.1 Å². The number of rotatable bonds is 5. The second-order valence-corrected chi connectivity index (χ2v) is 7.46. The number of carbonyl (C=O) groups excluding carboxylic acids is 1. The largest absolute Gasteiger partial charge is 0.538 e. The highest BCUT2D eigenvalue weighted by Crippen LogP contribution is 2.30. The van der Waals surface area contributed by atoms with Crippen molar-refractivity contribution in [3.05, 3.63) is 58.6 Å². The van der Waals surface area contributed by atoms with Crippen molar-refractivity contribution in [1.82, 2.24) is 5.27 Å². The van der Waals surface area contributed by atoms with Gasteiger partial charge in [-0.05, 0) is 41.6 Å². The summed E-state index contributed by atoms with van der Waals surface area (Å²) in [4.78, 5) is 12.5. The number of para-hydroxylation sites is 1. The Kier molecular flexibility index (Phi) is 5.70. The van der Waals surface area contributed by atoms with Crippen LogP contribution in [0.15, 0.2) is 58.1 Å². The highest BCUT2D eigenvalue weighted by atomic mass is 35.5. The number of amides is 1. The Morgan fingerprint density at radius 1 is 1.27 bits per heavy atom. The third-order valence-electron chi connectivity index (χ3n) is 3.42. The van der Waals surface area contributed by atoms with E-state index < -0.39 is 11.2 Å². The van der Waals surface area contributed by atoms with Gasteiger partial charge in [0.05, 0.1) is 21.2 Å². The van der Waals surface area contributed by atoms with Crippen molar-refractivity contribution < 1.29 is 19.1 Å². The number of hydrogen-bond acceptors (Lipinski definition) is 5. The first kappa shape index (κ1) is 18.6. The molecule has 1 unspecified atom stereocenters. The minimum atomic E-state index is -0.612. The molecule has 134 valence electrons. The monoisotopic (exact) mass is 409 g/mol. The first-order valence-corrected chi connectivity index (χ1v) is 9.16. The minimum absolute atomic E-state index is 0.205. The van der Waals surface area contributed by atoms with Crippen LogP contribution in [0.5, 0.6) is 5.95 Å². The second kappa shape index (κ2) is 7.99. The Labute approximate surface area is 163 Å². The van der Waals surface area contributed by atoms with E-state index in [4.69, 9.17) is 27.7 Å². The summed E-state index contributed by atoms with van der Waals surface area (Å²) in [5.74, 6) is -0.946. The zero-order valence-corrected chi connectivity index (χ0v) is 15.8. The van der Waals surface area contributed by atoms with Gasteiger partial charge in [-0.2, -0.15) is 0 Å². The lowest BCUT2D eigenvalue weighted by molar-refractivity contribution is -0.705. The fraction of sp³-hybridized carbons (Fsp3) is 0.118. The van der Waals surface area contributed by atoms with Gasteiger partial charge in [0.1, 0.15) is 0 Å². The molecule has 1 heterocycles.